The van der Waals surface area contributed by atoms with Crippen LogP contribution < -0.4 is 0 Å². The third kappa shape index (κ3) is 4.07. The first-order valence-electron chi connectivity index (χ1n) is 4.54. The summed E-state index contributed by atoms with van der Waals surface area (Å²) in [6.45, 7) is 5.98. The highest BCUT2D eigenvalue weighted by Crippen LogP contribution is 2.11. The Labute approximate surface area is 81.3 Å². The second kappa shape index (κ2) is 6.44. The van der Waals surface area contributed by atoms with Gasteiger partial charge in [-0.3, -0.25) is 0 Å². The largest absolute Gasteiger partial charge is 0.313 e. The molecule has 0 spiro atoms. The van der Waals surface area contributed by atoms with E-state index < -0.39 is 0 Å². The molecule has 1 atom stereocenters. The third-order valence-corrected chi connectivity index (χ3v) is 2.29. The van der Waals surface area contributed by atoms with Crippen LogP contribution in [0, 0.1) is 11.3 Å². The molecule has 0 radical (unpaired) electrons. The molecule has 0 aromatic rings. The van der Waals surface area contributed by atoms with Crippen molar-refractivity contribution in [2.24, 2.45) is 5.92 Å². The number of hydrogen-bond donors (Lipinski definition) is 1. The molecule has 3 heteroatoms. The van der Waals surface area contributed by atoms with Gasteiger partial charge in [0.25, 0.3) is 0 Å². The summed E-state index contributed by atoms with van der Waals surface area (Å²) in [7, 11) is 0. The Bertz CT molecular complexity index is 122. The number of hydrogen-bond acceptors (Lipinski definition) is 2. The van der Waals surface area contributed by atoms with Crippen LogP contribution in [0.25, 0.3) is 0 Å². The number of halogens is 1. The molecule has 0 aromatic heterocycles. The summed E-state index contributed by atoms with van der Waals surface area (Å²) in [5, 5.41) is 6.96. The summed E-state index contributed by atoms with van der Waals surface area (Å²) >= 11 is 0. The van der Waals surface area contributed by atoms with E-state index in [2.05, 4.69) is 11.8 Å². The molecule has 1 fully saturated rings. The lowest BCUT2D eigenvalue weighted by atomic mass is 10.1. The van der Waals surface area contributed by atoms with E-state index in [9.17, 15) is 0 Å². The maximum absolute atomic E-state index is 6.96. The van der Waals surface area contributed by atoms with Crippen LogP contribution >= 0.6 is 12.4 Å². The lowest BCUT2D eigenvalue weighted by Gasteiger charge is -2.18. The Balaban J connectivity index is 0.00000121. The van der Waals surface area contributed by atoms with Crippen LogP contribution in [0.5, 0.6) is 0 Å². The molecule has 1 aliphatic rings. The summed E-state index contributed by atoms with van der Waals surface area (Å²) in [4.78, 5) is 2.51. The molecule has 72 valence electrons. The molecule has 1 N–H and O–H groups in total. The van der Waals surface area contributed by atoms with Crippen molar-refractivity contribution in [3.63, 3.8) is 0 Å². The van der Waals surface area contributed by atoms with Gasteiger partial charge in [-0.25, -0.2) is 0 Å². The van der Waals surface area contributed by atoms with Gasteiger partial charge >= 0.3 is 0 Å². The minimum atomic E-state index is 0. The Morgan fingerprint density at radius 2 is 2.00 bits per heavy atom. The Morgan fingerprint density at radius 3 is 2.50 bits per heavy atom. The standard InChI is InChI=1S/C9H18N2.ClH/c1-9(4-5-10)8-11-6-2-3-7-11;/h5,9-10H,2-4,6-8H2,1H3;1H/t9-;/m0./s1. The van der Waals surface area contributed by atoms with Gasteiger partial charge in [-0.1, -0.05) is 6.92 Å². The molecule has 0 bridgehead atoms. The van der Waals surface area contributed by atoms with Crippen molar-refractivity contribution in [3.05, 3.63) is 0 Å². The van der Waals surface area contributed by atoms with E-state index in [1.807, 2.05) is 0 Å². The predicted octanol–water partition coefficient (Wildman–Crippen LogP) is 2.18. The molecule has 0 aliphatic carbocycles. The van der Waals surface area contributed by atoms with Crippen molar-refractivity contribution >= 4 is 18.6 Å². The first kappa shape index (κ1) is 11.9. The van der Waals surface area contributed by atoms with Crippen molar-refractivity contribution in [3.8, 4) is 0 Å². The molecule has 1 saturated heterocycles. The summed E-state index contributed by atoms with van der Waals surface area (Å²) in [5.74, 6) is 0.672. The zero-order valence-corrected chi connectivity index (χ0v) is 8.57. The number of rotatable bonds is 4. The summed E-state index contributed by atoms with van der Waals surface area (Å²) < 4.78 is 0. The quantitative estimate of drug-likeness (QED) is 0.677. The average molecular weight is 191 g/mol. The van der Waals surface area contributed by atoms with E-state index >= 15 is 0 Å². The Kier molecular flexibility index (Phi) is 6.39. The number of nitrogens with zero attached hydrogens (tertiary/aromatic N) is 1. The molecule has 1 aliphatic heterocycles. The second-order valence-corrected chi connectivity index (χ2v) is 3.55. The van der Waals surface area contributed by atoms with Crippen molar-refractivity contribution in [1.29, 1.82) is 5.41 Å². The zero-order chi connectivity index (χ0) is 8.10. The van der Waals surface area contributed by atoms with Crippen LogP contribution in [0.3, 0.4) is 0 Å². The Morgan fingerprint density at radius 1 is 1.42 bits per heavy atom. The van der Waals surface area contributed by atoms with Crippen molar-refractivity contribution in [2.45, 2.75) is 26.2 Å². The zero-order valence-electron chi connectivity index (χ0n) is 7.75. The normalized spacial score (nSPS) is 20.1. The minimum absolute atomic E-state index is 0. The summed E-state index contributed by atoms with van der Waals surface area (Å²) in [5.41, 5.74) is 0. The van der Waals surface area contributed by atoms with E-state index in [1.54, 1.807) is 0 Å². The molecule has 0 saturated carbocycles. The van der Waals surface area contributed by atoms with Gasteiger partial charge in [0, 0.05) is 6.54 Å². The highest BCUT2D eigenvalue weighted by Gasteiger charge is 2.13. The molecular formula is C9H19ClN2. The third-order valence-electron chi connectivity index (χ3n) is 2.29. The minimum Gasteiger partial charge on any atom is -0.313 e. The fourth-order valence-electron chi connectivity index (χ4n) is 1.68. The van der Waals surface area contributed by atoms with E-state index in [0.717, 1.165) is 6.42 Å². The summed E-state index contributed by atoms with van der Waals surface area (Å²) in [6.07, 6.45) is 5.21. The van der Waals surface area contributed by atoms with E-state index in [-0.39, 0.29) is 12.4 Å². The fourth-order valence-corrected chi connectivity index (χ4v) is 1.68. The average Bonchev–Trinajstić information content (AvgIpc) is 2.40. The molecule has 0 amide bonds. The predicted molar refractivity (Wildman–Crippen MR) is 55.5 cm³/mol. The van der Waals surface area contributed by atoms with Gasteiger partial charge in [0.05, 0.1) is 0 Å². The lowest BCUT2D eigenvalue weighted by Crippen LogP contribution is -2.25. The van der Waals surface area contributed by atoms with Gasteiger partial charge in [0.2, 0.25) is 0 Å². The van der Waals surface area contributed by atoms with Crippen molar-refractivity contribution < 1.29 is 0 Å². The first-order valence-corrected chi connectivity index (χ1v) is 4.54. The van der Waals surface area contributed by atoms with Crippen molar-refractivity contribution in [1.82, 2.24) is 4.90 Å². The first-order chi connectivity index (χ1) is 5.33. The number of nitrogens with one attached hydrogen (secondary N) is 1. The lowest BCUT2D eigenvalue weighted by molar-refractivity contribution is 0.292. The molecule has 2 nitrogen and oxygen atoms in total. The molecular weight excluding hydrogens is 172 g/mol. The van der Waals surface area contributed by atoms with E-state index in [1.165, 1.54) is 38.7 Å². The van der Waals surface area contributed by atoms with Crippen LogP contribution in [0.15, 0.2) is 0 Å². The van der Waals surface area contributed by atoms with Gasteiger partial charge in [-0.05, 0) is 44.5 Å². The molecule has 12 heavy (non-hydrogen) atoms. The van der Waals surface area contributed by atoms with Gasteiger partial charge in [0.1, 0.15) is 0 Å². The van der Waals surface area contributed by atoms with Crippen molar-refractivity contribution in [2.75, 3.05) is 19.6 Å². The van der Waals surface area contributed by atoms with Crippen LogP contribution in [0.1, 0.15) is 26.2 Å². The van der Waals surface area contributed by atoms with Crippen LogP contribution in [0.2, 0.25) is 0 Å². The number of likely N-dealkylation sites (tertiary alicyclic amines) is 1. The highest BCUT2D eigenvalue weighted by atomic mass is 35.5. The fraction of sp³-hybridized carbons (Fsp3) is 0.889. The van der Waals surface area contributed by atoms with Gasteiger partial charge < -0.3 is 10.3 Å². The van der Waals surface area contributed by atoms with Gasteiger partial charge in [-0.2, -0.15) is 0 Å². The smallest absolute Gasteiger partial charge is 0.00105 e. The van der Waals surface area contributed by atoms with Crippen LogP contribution in [-0.4, -0.2) is 30.7 Å². The summed E-state index contributed by atoms with van der Waals surface area (Å²) in [6, 6.07) is 0. The van der Waals surface area contributed by atoms with E-state index in [4.69, 9.17) is 5.41 Å². The van der Waals surface area contributed by atoms with Gasteiger partial charge in [-0.15, -0.1) is 12.4 Å². The molecule has 0 unspecified atom stereocenters. The monoisotopic (exact) mass is 190 g/mol. The van der Waals surface area contributed by atoms with E-state index in [0.29, 0.717) is 5.92 Å². The molecule has 1 rings (SSSR count). The van der Waals surface area contributed by atoms with Crippen LogP contribution in [0.4, 0.5) is 0 Å². The maximum atomic E-state index is 6.96. The molecule has 1 heterocycles. The Hall–Kier alpha value is -0.0800. The highest BCUT2D eigenvalue weighted by molar-refractivity contribution is 5.85. The topological polar surface area (TPSA) is 27.1 Å². The SMILES string of the molecule is C[C@@H](CC=N)CN1CCCC1.Cl. The second-order valence-electron chi connectivity index (χ2n) is 3.55. The van der Waals surface area contributed by atoms with Crippen LogP contribution in [-0.2, 0) is 0 Å². The molecule has 0 aromatic carbocycles. The maximum Gasteiger partial charge on any atom is 0.00105 e. The van der Waals surface area contributed by atoms with Gasteiger partial charge in [0.15, 0.2) is 0 Å².